The Labute approximate surface area is 131 Å². The van der Waals surface area contributed by atoms with E-state index in [2.05, 4.69) is 5.32 Å². The molecule has 0 fully saturated rings. The molecule has 0 aliphatic rings. The zero-order valence-electron chi connectivity index (χ0n) is 12.5. The van der Waals surface area contributed by atoms with Gasteiger partial charge >= 0.3 is 5.76 Å². The highest BCUT2D eigenvalue weighted by atomic mass is 19.1. The number of hydrogen-bond donors (Lipinski definition) is 1. The number of nitrogens with one attached hydrogen (secondary N) is 1. The largest absolute Gasteiger partial charge is 0.419 e. The van der Waals surface area contributed by atoms with Crippen molar-refractivity contribution in [2.75, 3.05) is 0 Å². The van der Waals surface area contributed by atoms with Gasteiger partial charge in [0.25, 0.3) is 0 Å². The number of rotatable bonds is 4. The van der Waals surface area contributed by atoms with Crippen LogP contribution in [0.25, 0.3) is 11.1 Å². The highest BCUT2D eigenvalue weighted by molar-refractivity contribution is 5.81. The highest BCUT2D eigenvalue weighted by Crippen LogP contribution is 2.14. The van der Waals surface area contributed by atoms with Crippen LogP contribution in [0.5, 0.6) is 0 Å². The third kappa shape index (κ3) is 3.31. The smallest absolute Gasteiger partial charge is 0.408 e. The van der Waals surface area contributed by atoms with E-state index in [1.807, 2.05) is 0 Å². The van der Waals surface area contributed by atoms with Crippen molar-refractivity contribution < 1.29 is 13.6 Å². The van der Waals surface area contributed by atoms with Gasteiger partial charge in [-0.05, 0) is 35.4 Å². The van der Waals surface area contributed by atoms with Gasteiger partial charge < -0.3 is 9.73 Å². The van der Waals surface area contributed by atoms with E-state index < -0.39 is 5.76 Å². The zero-order valence-corrected chi connectivity index (χ0v) is 12.5. The Morgan fingerprint density at radius 2 is 1.87 bits per heavy atom. The quantitative estimate of drug-likeness (QED) is 0.802. The van der Waals surface area contributed by atoms with E-state index in [1.54, 1.807) is 37.4 Å². The van der Waals surface area contributed by atoms with Crippen LogP contribution in [0, 0.1) is 5.82 Å². The van der Waals surface area contributed by atoms with E-state index in [0.29, 0.717) is 17.6 Å². The molecule has 0 bridgehead atoms. The number of halogens is 1. The minimum absolute atomic E-state index is 0.151. The molecule has 0 spiro atoms. The summed E-state index contributed by atoms with van der Waals surface area (Å²) in [5, 5.41) is 2.78. The fraction of sp³-hybridized carbons (Fsp3) is 0.176. The molecule has 0 saturated carbocycles. The van der Waals surface area contributed by atoms with Gasteiger partial charge in [-0.2, -0.15) is 0 Å². The molecule has 118 valence electrons. The van der Waals surface area contributed by atoms with Crippen molar-refractivity contribution >= 4 is 17.0 Å². The molecule has 0 radical (unpaired) electrons. The number of oxazole rings is 1. The minimum atomic E-state index is -0.432. The highest BCUT2D eigenvalue weighted by Gasteiger charge is 2.09. The molecule has 2 aromatic carbocycles. The molecule has 6 heteroatoms. The van der Waals surface area contributed by atoms with Crippen molar-refractivity contribution in [3.8, 4) is 0 Å². The fourth-order valence-corrected chi connectivity index (χ4v) is 2.33. The maximum Gasteiger partial charge on any atom is 0.419 e. The van der Waals surface area contributed by atoms with E-state index in [9.17, 15) is 14.0 Å². The van der Waals surface area contributed by atoms with Crippen molar-refractivity contribution in [2.24, 2.45) is 7.05 Å². The van der Waals surface area contributed by atoms with E-state index in [4.69, 9.17) is 4.42 Å². The number of fused-ring (bicyclic) bond motifs is 1. The topological polar surface area (TPSA) is 64.2 Å². The van der Waals surface area contributed by atoms with Crippen molar-refractivity contribution in [1.82, 2.24) is 9.88 Å². The van der Waals surface area contributed by atoms with Crippen LogP contribution in [-0.4, -0.2) is 10.5 Å². The summed E-state index contributed by atoms with van der Waals surface area (Å²) in [5.74, 6) is -0.890. The summed E-state index contributed by atoms with van der Waals surface area (Å²) < 4.78 is 19.3. The first-order valence-electron chi connectivity index (χ1n) is 7.12. The minimum Gasteiger partial charge on any atom is -0.408 e. The molecule has 0 saturated heterocycles. The fourth-order valence-electron chi connectivity index (χ4n) is 2.33. The molecule has 0 aliphatic carbocycles. The SMILES string of the molecule is Cn1c(=O)oc2ccc(CC(=O)NCc3ccc(F)cc3)cc21. The van der Waals surface area contributed by atoms with Crippen LogP contribution in [0.1, 0.15) is 11.1 Å². The lowest BCUT2D eigenvalue weighted by molar-refractivity contribution is -0.120. The van der Waals surface area contributed by atoms with Crippen molar-refractivity contribution in [2.45, 2.75) is 13.0 Å². The van der Waals surface area contributed by atoms with E-state index in [1.165, 1.54) is 16.7 Å². The Balaban J connectivity index is 1.66. The van der Waals surface area contributed by atoms with Crippen LogP contribution in [0.4, 0.5) is 4.39 Å². The number of carbonyl (C=O) groups excluding carboxylic acids is 1. The maximum absolute atomic E-state index is 12.8. The predicted octanol–water partition coefficient (Wildman–Crippen LogP) is 2.13. The van der Waals surface area contributed by atoms with Crippen molar-refractivity contribution in [3.63, 3.8) is 0 Å². The van der Waals surface area contributed by atoms with Gasteiger partial charge in [-0.1, -0.05) is 18.2 Å². The van der Waals surface area contributed by atoms with Gasteiger partial charge in [-0.3, -0.25) is 9.36 Å². The number of aryl methyl sites for hydroxylation is 1. The summed E-state index contributed by atoms with van der Waals surface area (Å²) in [6.45, 7) is 0.339. The maximum atomic E-state index is 12.8. The Hall–Kier alpha value is -2.89. The molecule has 1 amide bonds. The van der Waals surface area contributed by atoms with Gasteiger partial charge in [0, 0.05) is 13.6 Å². The second kappa shape index (κ2) is 6.08. The monoisotopic (exact) mass is 314 g/mol. The van der Waals surface area contributed by atoms with Crippen molar-refractivity contribution in [3.05, 3.63) is 70.0 Å². The molecular weight excluding hydrogens is 299 g/mol. The average molecular weight is 314 g/mol. The second-order valence-electron chi connectivity index (χ2n) is 5.31. The Bertz CT molecular complexity index is 910. The first kappa shape index (κ1) is 15.0. The average Bonchev–Trinajstić information content (AvgIpc) is 2.82. The van der Waals surface area contributed by atoms with Gasteiger partial charge in [0.2, 0.25) is 5.91 Å². The Morgan fingerprint density at radius 3 is 2.61 bits per heavy atom. The van der Waals surface area contributed by atoms with E-state index in [-0.39, 0.29) is 18.1 Å². The summed E-state index contributed by atoms with van der Waals surface area (Å²) in [7, 11) is 1.62. The molecular formula is C17H15FN2O3. The second-order valence-corrected chi connectivity index (χ2v) is 5.31. The lowest BCUT2D eigenvalue weighted by Gasteiger charge is -2.06. The first-order chi connectivity index (χ1) is 11.0. The summed E-state index contributed by atoms with van der Waals surface area (Å²) in [6.07, 6.45) is 0.191. The molecule has 23 heavy (non-hydrogen) atoms. The summed E-state index contributed by atoms with van der Waals surface area (Å²) in [4.78, 5) is 23.4. The van der Waals surface area contributed by atoms with Gasteiger partial charge in [0.15, 0.2) is 5.58 Å². The lowest BCUT2D eigenvalue weighted by Crippen LogP contribution is -2.24. The van der Waals surface area contributed by atoms with Gasteiger partial charge in [-0.15, -0.1) is 0 Å². The summed E-state index contributed by atoms with van der Waals surface area (Å²) in [5.41, 5.74) is 2.75. The van der Waals surface area contributed by atoms with Crippen LogP contribution in [0.3, 0.4) is 0 Å². The molecule has 3 rings (SSSR count). The van der Waals surface area contributed by atoms with Crippen LogP contribution in [0.2, 0.25) is 0 Å². The van der Waals surface area contributed by atoms with Crippen molar-refractivity contribution in [1.29, 1.82) is 0 Å². The van der Waals surface area contributed by atoms with E-state index >= 15 is 0 Å². The number of aromatic nitrogens is 1. The molecule has 5 nitrogen and oxygen atoms in total. The third-order valence-electron chi connectivity index (χ3n) is 3.62. The number of amides is 1. The van der Waals surface area contributed by atoms with Crippen LogP contribution < -0.4 is 11.1 Å². The lowest BCUT2D eigenvalue weighted by atomic mass is 10.1. The summed E-state index contributed by atoms with van der Waals surface area (Å²) in [6, 6.07) is 11.2. The molecule has 1 N–H and O–H groups in total. The predicted molar refractivity (Wildman–Crippen MR) is 83.4 cm³/mol. The van der Waals surface area contributed by atoms with Gasteiger partial charge in [0.1, 0.15) is 5.82 Å². The number of carbonyl (C=O) groups is 1. The standard InChI is InChI=1S/C17H15FN2O3/c1-20-14-8-12(4-7-15(14)23-17(20)22)9-16(21)19-10-11-2-5-13(18)6-3-11/h2-8H,9-10H2,1H3,(H,19,21). The van der Waals surface area contributed by atoms with Gasteiger partial charge in [0.05, 0.1) is 11.9 Å². The van der Waals surface area contributed by atoms with Crippen LogP contribution in [-0.2, 0) is 24.8 Å². The van der Waals surface area contributed by atoms with E-state index in [0.717, 1.165) is 11.1 Å². The third-order valence-corrected chi connectivity index (χ3v) is 3.62. The molecule has 0 unspecified atom stereocenters. The number of nitrogens with zero attached hydrogens (tertiary/aromatic N) is 1. The molecule has 3 aromatic rings. The molecule has 0 atom stereocenters. The Morgan fingerprint density at radius 1 is 1.17 bits per heavy atom. The van der Waals surface area contributed by atoms with Gasteiger partial charge in [-0.25, -0.2) is 9.18 Å². The van der Waals surface area contributed by atoms with Crippen LogP contribution in [0.15, 0.2) is 51.7 Å². The normalized spacial score (nSPS) is 10.9. The number of hydrogen-bond acceptors (Lipinski definition) is 3. The first-order valence-corrected chi connectivity index (χ1v) is 7.12. The summed E-state index contributed by atoms with van der Waals surface area (Å²) >= 11 is 0. The molecule has 0 aliphatic heterocycles. The molecule has 1 aromatic heterocycles. The Kier molecular flexibility index (Phi) is 3.97. The van der Waals surface area contributed by atoms with Crippen LogP contribution >= 0.6 is 0 Å². The zero-order chi connectivity index (χ0) is 16.4. The molecule has 1 heterocycles. The number of benzene rings is 2.